The second-order valence-electron chi connectivity index (χ2n) is 4.00. The van der Waals surface area contributed by atoms with Gasteiger partial charge >= 0.3 is 11.6 Å². The Labute approximate surface area is 92.3 Å². The molecule has 0 aliphatic heterocycles. The zero-order valence-corrected chi connectivity index (χ0v) is 9.00. The fourth-order valence-electron chi connectivity index (χ4n) is 1.91. The number of hydrogen-bond acceptors (Lipinski definition) is 5. The van der Waals surface area contributed by atoms with Gasteiger partial charge in [0, 0.05) is 13.1 Å². The fraction of sp³-hybridized carbons (Fsp3) is 0.667. The lowest BCUT2D eigenvalue weighted by atomic mass is 10.2. The minimum absolute atomic E-state index is 0.0541. The van der Waals surface area contributed by atoms with Crippen LogP contribution in [0.1, 0.15) is 19.3 Å². The summed E-state index contributed by atoms with van der Waals surface area (Å²) < 4.78 is 6.87. The predicted octanol–water partition coefficient (Wildman–Crippen LogP) is 0.587. The Morgan fingerprint density at radius 1 is 1.69 bits per heavy atom. The molecular formula is C9H14N4O3. The quantitative estimate of drug-likeness (QED) is 0.601. The Hall–Kier alpha value is -1.63. The summed E-state index contributed by atoms with van der Waals surface area (Å²) in [6.45, 7) is 0. The summed E-state index contributed by atoms with van der Waals surface area (Å²) in [4.78, 5) is 10.2. The normalized spacial score (nSPS) is 24.6. The maximum atomic E-state index is 10.7. The molecule has 88 valence electrons. The molecule has 1 fully saturated rings. The number of rotatable bonds is 3. The van der Waals surface area contributed by atoms with Crippen molar-refractivity contribution in [3.63, 3.8) is 0 Å². The highest BCUT2D eigenvalue weighted by Crippen LogP contribution is 2.29. The van der Waals surface area contributed by atoms with Gasteiger partial charge in [0.1, 0.15) is 12.3 Å². The Balaban J connectivity index is 2.17. The second-order valence-corrected chi connectivity index (χ2v) is 4.00. The number of aromatic nitrogens is 2. The van der Waals surface area contributed by atoms with Crippen molar-refractivity contribution < 1.29 is 9.66 Å². The summed E-state index contributed by atoms with van der Waals surface area (Å²) >= 11 is 0. The highest BCUT2D eigenvalue weighted by Gasteiger charge is 2.30. The smallest absolute Gasteiger partial charge is 0.350 e. The molecule has 2 unspecified atom stereocenters. The molecule has 0 aromatic carbocycles. The highest BCUT2D eigenvalue weighted by atomic mass is 16.6. The molecule has 2 atom stereocenters. The van der Waals surface area contributed by atoms with Crippen LogP contribution in [-0.4, -0.2) is 26.8 Å². The highest BCUT2D eigenvalue weighted by molar-refractivity contribution is 5.38. The van der Waals surface area contributed by atoms with Crippen LogP contribution in [0.3, 0.4) is 0 Å². The Kier molecular flexibility index (Phi) is 2.78. The third-order valence-corrected chi connectivity index (χ3v) is 2.74. The molecule has 1 saturated carbocycles. The van der Waals surface area contributed by atoms with Crippen LogP contribution < -0.4 is 10.5 Å². The van der Waals surface area contributed by atoms with E-state index in [4.69, 9.17) is 10.5 Å². The van der Waals surface area contributed by atoms with E-state index in [0.29, 0.717) is 0 Å². The van der Waals surface area contributed by atoms with Gasteiger partial charge in [-0.15, -0.1) is 5.10 Å². The second kappa shape index (κ2) is 4.09. The summed E-state index contributed by atoms with van der Waals surface area (Å²) in [7, 11) is 1.62. The van der Waals surface area contributed by atoms with Crippen molar-refractivity contribution in [2.75, 3.05) is 0 Å². The largest absolute Gasteiger partial charge is 0.467 e. The van der Waals surface area contributed by atoms with Crippen LogP contribution >= 0.6 is 0 Å². The molecule has 1 heterocycles. The molecule has 0 spiro atoms. The molecule has 16 heavy (non-hydrogen) atoms. The molecule has 1 aromatic heterocycles. The van der Waals surface area contributed by atoms with Gasteiger partial charge in [0.2, 0.25) is 0 Å². The van der Waals surface area contributed by atoms with E-state index in [0.717, 1.165) is 19.3 Å². The molecule has 0 bridgehead atoms. The first-order valence-electron chi connectivity index (χ1n) is 5.18. The van der Waals surface area contributed by atoms with Gasteiger partial charge in [0.15, 0.2) is 0 Å². The van der Waals surface area contributed by atoms with E-state index in [2.05, 4.69) is 5.10 Å². The van der Waals surface area contributed by atoms with Crippen LogP contribution in [0.4, 0.5) is 5.69 Å². The van der Waals surface area contributed by atoms with Gasteiger partial charge < -0.3 is 10.5 Å². The SMILES string of the molecule is Cn1cc([N+](=O)[O-])c(OC2CCCC2N)n1. The first-order chi connectivity index (χ1) is 7.58. The van der Waals surface area contributed by atoms with Crippen molar-refractivity contribution in [2.45, 2.75) is 31.4 Å². The Morgan fingerprint density at radius 2 is 2.44 bits per heavy atom. The zero-order chi connectivity index (χ0) is 11.7. The molecule has 1 aliphatic carbocycles. The monoisotopic (exact) mass is 226 g/mol. The number of aryl methyl sites for hydroxylation is 1. The third-order valence-electron chi connectivity index (χ3n) is 2.74. The van der Waals surface area contributed by atoms with Gasteiger partial charge in [-0.3, -0.25) is 14.8 Å². The van der Waals surface area contributed by atoms with Crippen LogP contribution in [0.25, 0.3) is 0 Å². The molecule has 1 aromatic rings. The van der Waals surface area contributed by atoms with Crippen molar-refractivity contribution in [3.8, 4) is 5.88 Å². The lowest BCUT2D eigenvalue weighted by Gasteiger charge is -2.15. The first-order valence-corrected chi connectivity index (χ1v) is 5.18. The van der Waals surface area contributed by atoms with E-state index >= 15 is 0 Å². The van der Waals surface area contributed by atoms with Gasteiger partial charge in [-0.25, -0.2) is 0 Å². The predicted molar refractivity (Wildman–Crippen MR) is 56.1 cm³/mol. The van der Waals surface area contributed by atoms with E-state index < -0.39 is 4.92 Å². The minimum Gasteiger partial charge on any atom is -0.467 e. The fourth-order valence-corrected chi connectivity index (χ4v) is 1.91. The van der Waals surface area contributed by atoms with E-state index in [1.807, 2.05) is 0 Å². The Bertz CT molecular complexity index is 403. The van der Waals surface area contributed by atoms with Crippen molar-refractivity contribution in [3.05, 3.63) is 16.3 Å². The molecule has 7 heteroatoms. The number of ether oxygens (including phenoxy) is 1. The van der Waals surface area contributed by atoms with E-state index in [-0.39, 0.29) is 23.7 Å². The first kappa shape index (κ1) is 10.9. The zero-order valence-electron chi connectivity index (χ0n) is 9.00. The Morgan fingerprint density at radius 3 is 3.00 bits per heavy atom. The van der Waals surface area contributed by atoms with E-state index in [1.54, 1.807) is 7.05 Å². The van der Waals surface area contributed by atoms with Crippen LogP contribution in [0, 0.1) is 10.1 Å². The van der Waals surface area contributed by atoms with Crippen LogP contribution in [0.15, 0.2) is 6.20 Å². The van der Waals surface area contributed by atoms with Crippen molar-refractivity contribution in [2.24, 2.45) is 12.8 Å². The summed E-state index contributed by atoms with van der Waals surface area (Å²) in [5.74, 6) is 0.0647. The molecule has 7 nitrogen and oxygen atoms in total. The lowest BCUT2D eigenvalue weighted by Crippen LogP contribution is -2.33. The minimum atomic E-state index is -0.497. The third kappa shape index (κ3) is 1.99. The van der Waals surface area contributed by atoms with Crippen LogP contribution in [-0.2, 0) is 7.05 Å². The van der Waals surface area contributed by atoms with Gasteiger partial charge in [0.25, 0.3) is 0 Å². The van der Waals surface area contributed by atoms with Crippen LogP contribution in [0.5, 0.6) is 5.88 Å². The van der Waals surface area contributed by atoms with Crippen LogP contribution in [0.2, 0.25) is 0 Å². The van der Waals surface area contributed by atoms with Crippen molar-refractivity contribution >= 4 is 5.69 Å². The summed E-state index contributed by atoms with van der Waals surface area (Å²) in [6, 6.07) is -0.0541. The number of hydrogen-bond donors (Lipinski definition) is 1. The lowest BCUT2D eigenvalue weighted by molar-refractivity contribution is -0.386. The molecule has 0 saturated heterocycles. The summed E-state index contributed by atoms with van der Waals surface area (Å²) in [5.41, 5.74) is 5.72. The summed E-state index contributed by atoms with van der Waals surface area (Å²) in [6.07, 6.45) is 3.89. The standard InChI is InChI=1S/C9H14N4O3/c1-12-5-7(13(14)15)9(11-12)16-8-4-2-3-6(8)10/h5-6,8H,2-4,10H2,1H3. The average Bonchev–Trinajstić information content (AvgIpc) is 2.75. The summed E-state index contributed by atoms with van der Waals surface area (Å²) in [5, 5.41) is 14.7. The maximum absolute atomic E-state index is 10.7. The van der Waals surface area contributed by atoms with E-state index in [1.165, 1.54) is 10.9 Å². The average molecular weight is 226 g/mol. The topological polar surface area (TPSA) is 96.2 Å². The van der Waals surface area contributed by atoms with Gasteiger partial charge in [0.05, 0.1) is 4.92 Å². The molecule has 1 aliphatic rings. The number of nitrogens with zero attached hydrogens (tertiary/aromatic N) is 3. The molecular weight excluding hydrogens is 212 g/mol. The molecule has 0 amide bonds. The number of nitro groups is 1. The molecule has 0 radical (unpaired) electrons. The number of nitrogens with two attached hydrogens (primary N) is 1. The van der Waals surface area contributed by atoms with Gasteiger partial charge in [-0.05, 0) is 19.3 Å². The van der Waals surface area contributed by atoms with Crippen molar-refractivity contribution in [1.82, 2.24) is 9.78 Å². The van der Waals surface area contributed by atoms with Gasteiger partial charge in [-0.2, -0.15) is 0 Å². The molecule has 2 rings (SSSR count). The van der Waals surface area contributed by atoms with Gasteiger partial charge in [-0.1, -0.05) is 0 Å². The van der Waals surface area contributed by atoms with Crippen molar-refractivity contribution in [1.29, 1.82) is 0 Å². The molecule has 2 N–H and O–H groups in total. The maximum Gasteiger partial charge on any atom is 0.350 e. The van der Waals surface area contributed by atoms with E-state index in [9.17, 15) is 10.1 Å².